The Morgan fingerprint density at radius 2 is 1.76 bits per heavy atom. The van der Waals surface area contributed by atoms with Crippen LogP contribution < -0.4 is 0 Å². The molecule has 3 unspecified atom stereocenters. The van der Waals surface area contributed by atoms with Gasteiger partial charge in [-0.2, -0.15) is 0 Å². The Balaban J connectivity index is 2.70. The minimum atomic E-state index is -0.548. The van der Waals surface area contributed by atoms with Crippen LogP contribution in [0.1, 0.15) is 71.4 Å². The average molecular weight is 422 g/mol. The molecule has 0 saturated heterocycles. The van der Waals surface area contributed by atoms with Gasteiger partial charge in [-0.25, -0.2) is 0 Å². The Kier molecular flexibility index (Phi) is 10.8. The first-order chi connectivity index (χ1) is 13.6. The van der Waals surface area contributed by atoms with Crippen LogP contribution in [0.25, 0.3) is 0 Å². The SMILES string of the molecule is C[CH+]C(C(=O)CCC(CCCCl)Cc1ccc(C)cc1)C(C)C(=O)OC(C)(C)C. The second-order valence-corrected chi connectivity index (χ2v) is 9.45. The highest BCUT2D eigenvalue weighted by Crippen LogP contribution is 2.26. The number of hydrogen-bond donors (Lipinski definition) is 0. The predicted molar refractivity (Wildman–Crippen MR) is 121 cm³/mol. The van der Waals surface area contributed by atoms with Gasteiger partial charge in [-0.15, -0.1) is 11.6 Å². The first-order valence-electron chi connectivity index (χ1n) is 10.7. The average Bonchev–Trinajstić information content (AvgIpc) is 2.64. The first kappa shape index (κ1) is 25.6. The lowest BCUT2D eigenvalue weighted by atomic mass is 9.83. The van der Waals surface area contributed by atoms with E-state index < -0.39 is 17.4 Å². The van der Waals surface area contributed by atoms with Crippen molar-refractivity contribution in [1.82, 2.24) is 0 Å². The molecule has 0 fully saturated rings. The van der Waals surface area contributed by atoms with E-state index in [1.165, 1.54) is 11.1 Å². The van der Waals surface area contributed by atoms with Crippen LogP contribution in [0.4, 0.5) is 0 Å². The summed E-state index contributed by atoms with van der Waals surface area (Å²) in [5.41, 5.74) is 2.00. The lowest BCUT2D eigenvalue weighted by Crippen LogP contribution is -2.34. The highest BCUT2D eigenvalue weighted by atomic mass is 35.5. The van der Waals surface area contributed by atoms with Crippen LogP contribution in [0.15, 0.2) is 24.3 Å². The molecule has 0 N–H and O–H groups in total. The van der Waals surface area contributed by atoms with Crippen molar-refractivity contribution in [3.8, 4) is 0 Å². The molecule has 1 rings (SSSR count). The number of aryl methyl sites for hydroxylation is 1. The van der Waals surface area contributed by atoms with Crippen LogP contribution in [0, 0.1) is 31.1 Å². The van der Waals surface area contributed by atoms with E-state index in [0.717, 1.165) is 25.7 Å². The fraction of sp³-hybridized carbons (Fsp3) is 0.640. The summed E-state index contributed by atoms with van der Waals surface area (Å²) in [6.45, 7) is 11.2. The highest BCUT2D eigenvalue weighted by molar-refractivity contribution is 6.17. The van der Waals surface area contributed by atoms with Crippen molar-refractivity contribution in [2.24, 2.45) is 17.8 Å². The number of hydrogen-bond acceptors (Lipinski definition) is 3. The molecule has 29 heavy (non-hydrogen) atoms. The van der Waals surface area contributed by atoms with E-state index in [4.69, 9.17) is 16.3 Å². The van der Waals surface area contributed by atoms with Crippen molar-refractivity contribution < 1.29 is 14.3 Å². The summed E-state index contributed by atoms with van der Waals surface area (Å²) in [6.07, 6.45) is 6.03. The summed E-state index contributed by atoms with van der Waals surface area (Å²) in [5, 5.41) is 0. The number of carbonyl (C=O) groups is 2. The van der Waals surface area contributed by atoms with Crippen LogP contribution in [-0.2, 0) is 20.7 Å². The fourth-order valence-corrected chi connectivity index (χ4v) is 3.73. The number of ether oxygens (including phenoxy) is 1. The molecule has 0 aliphatic carbocycles. The van der Waals surface area contributed by atoms with E-state index in [0.29, 0.717) is 18.2 Å². The van der Waals surface area contributed by atoms with E-state index in [2.05, 4.69) is 31.2 Å². The Labute approximate surface area is 182 Å². The van der Waals surface area contributed by atoms with Crippen LogP contribution >= 0.6 is 11.6 Å². The molecule has 3 atom stereocenters. The molecule has 0 aliphatic rings. The van der Waals surface area contributed by atoms with Gasteiger partial charge in [0.05, 0.1) is 13.3 Å². The van der Waals surface area contributed by atoms with Crippen LogP contribution in [0.3, 0.4) is 0 Å². The molecule has 0 saturated carbocycles. The van der Waals surface area contributed by atoms with Crippen LogP contribution in [0.5, 0.6) is 0 Å². The molecule has 0 heterocycles. The highest BCUT2D eigenvalue weighted by Gasteiger charge is 2.37. The van der Waals surface area contributed by atoms with Gasteiger partial charge in [0.2, 0.25) is 0 Å². The van der Waals surface area contributed by atoms with Crippen molar-refractivity contribution in [3.05, 3.63) is 41.8 Å². The zero-order chi connectivity index (χ0) is 22.0. The molecule has 0 aromatic heterocycles. The number of benzene rings is 1. The van der Waals surface area contributed by atoms with Gasteiger partial charge in [-0.1, -0.05) is 29.8 Å². The quantitative estimate of drug-likeness (QED) is 0.224. The molecule has 0 amide bonds. The van der Waals surface area contributed by atoms with Crippen molar-refractivity contribution in [3.63, 3.8) is 0 Å². The third-order valence-corrected chi connectivity index (χ3v) is 5.51. The van der Waals surface area contributed by atoms with E-state index in [-0.39, 0.29) is 11.8 Å². The van der Waals surface area contributed by atoms with E-state index in [1.807, 2.05) is 34.1 Å². The smallest absolute Gasteiger partial charge is 0.314 e. The number of Topliss-reactive ketones (excluding diaryl/α,β-unsaturated/α-hetero) is 1. The van der Waals surface area contributed by atoms with Gasteiger partial charge >= 0.3 is 5.97 Å². The summed E-state index contributed by atoms with van der Waals surface area (Å²) >= 11 is 5.91. The molecular formula is C25H38ClO3+. The zero-order valence-electron chi connectivity index (χ0n) is 19.0. The molecule has 0 radical (unpaired) electrons. The minimum absolute atomic E-state index is 0.116. The Morgan fingerprint density at radius 1 is 1.14 bits per heavy atom. The molecule has 0 bridgehead atoms. The van der Waals surface area contributed by atoms with Crippen molar-refractivity contribution in [2.45, 2.75) is 79.2 Å². The van der Waals surface area contributed by atoms with Gasteiger partial charge in [0.1, 0.15) is 11.5 Å². The predicted octanol–water partition coefficient (Wildman–Crippen LogP) is 6.34. The standard InChI is InChI=1S/C25H38ClO3/c1-7-22(19(3)24(28)29-25(4,5)6)23(27)15-14-20(9-8-16-26)17-21-12-10-18(2)11-13-21/h7,10-13,19-20,22H,8-9,14-17H2,1-6H3/q+1. The number of halogens is 1. The first-order valence-corrected chi connectivity index (χ1v) is 11.3. The molecular weight excluding hydrogens is 384 g/mol. The lowest BCUT2D eigenvalue weighted by Gasteiger charge is -2.23. The Morgan fingerprint density at radius 3 is 2.28 bits per heavy atom. The molecule has 1 aromatic carbocycles. The third-order valence-electron chi connectivity index (χ3n) is 5.24. The second kappa shape index (κ2) is 12.3. The molecule has 0 aliphatic heterocycles. The number of rotatable bonds is 12. The van der Waals surface area contributed by atoms with Crippen LogP contribution in [-0.4, -0.2) is 23.2 Å². The normalized spacial score (nSPS) is 14.7. The van der Waals surface area contributed by atoms with Gasteiger partial charge in [0.15, 0.2) is 11.7 Å². The van der Waals surface area contributed by atoms with Crippen molar-refractivity contribution >= 4 is 23.4 Å². The maximum absolute atomic E-state index is 12.9. The summed E-state index contributed by atoms with van der Waals surface area (Å²) in [5.74, 6) is -0.0185. The summed E-state index contributed by atoms with van der Waals surface area (Å²) in [7, 11) is 0. The van der Waals surface area contributed by atoms with Crippen molar-refractivity contribution in [1.29, 1.82) is 0 Å². The summed E-state index contributed by atoms with van der Waals surface area (Å²) in [6, 6.07) is 8.59. The van der Waals surface area contributed by atoms with Gasteiger partial charge in [0, 0.05) is 12.3 Å². The van der Waals surface area contributed by atoms with Crippen LogP contribution in [0.2, 0.25) is 0 Å². The molecule has 4 heteroatoms. The monoisotopic (exact) mass is 421 g/mol. The largest absolute Gasteiger partial charge is 0.460 e. The third kappa shape index (κ3) is 9.71. The molecule has 162 valence electrons. The molecule has 3 nitrogen and oxygen atoms in total. The van der Waals surface area contributed by atoms with E-state index >= 15 is 0 Å². The van der Waals surface area contributed by atoms with Crippen molar-refractivity contribution in [2.75, 3.05) is 5.88 Å². The Bertz CT molecular complexity index is 630. The van der Waals surface area contributed by atoms with Gasteiger partial charge in [-0.3, -0.25) is 9.59 Å². The van der Waals surface area contributed by atoms with Gasteiger partial charge in [0.25, 0.3) is 0 Å². The number of alkyl halides is 1. The minimum Gasteiger partial charge on any atom is -0.460 e. The Hall–Kier alpha value is -1.48. The summed E-state index contributed by atoms with van der Waals surface area (Å²) < 4.78 is 5.47. The summed E-state index contributed by atoms with van der Waals surface area (Å²) in [4.78, 5) is 25.3. The number of esters is 1. The lowest BCUT2D eigenvalue weighted by molar-refractivity contribution is -0.162. The van der Waals surface area contributed by atoms with E-state index in [1.54, 1.807) is 6.92 Å². The molecule has 1 aromatic rings. The maximum Gasteiger partial charge on any atom is 0.314 e. The fourth-order valence-electron chi connectivity index (χ4n) is 3.58. The van der Waals surface area contributed by atoms with E-state index in [9.17, 15) is 9.59 Å². The topological polar surface area (TPSA) is 43.4 Å². The second-order valence-electron chi connectivity index (χ2n) is 9.07. The zero-order valence-corrected chi connectivity index (χ0v) is 19.7. The molecule has 0 spiro atoms. The maximum atomic E-state index is 12.9. The van der Waals surface area contributed by atoms with Gasteiger partial charge < -0.3 is 4.74 Å². The number of carbonyl (C=O) groups excluding carboxylic acids is 2. The van der Waals surface area contributed by atoms with Gasteiger partial charge in [-0.05, 0) is 71.8 Å². The number of ketones is 1.